The lowest BCUT2D eigenvalue weighted by Crippen LogP contribution is -2.38. The third-order valence-electron chi connectivity index (χ3n) is 4.16. The molecule has 26 heavy (non-hydrogen) atoms. The van der Waals surface area contributed by atoms with Crippen molar-refractivity contribution in [2.75, 3.05) is 6.54 Å². The Kier molecular flexibility index (Phi) is 5.98. The van der Waals surface area contributed by atoms with Gasteiger partial charge in [-0.2, -0.15) is 18.3 Å². The maximum Gasteiger partial charge on any atom is 0.416 e. The van der Waals surface area contributed by atoms with E-state index in [-0.39, 0.29) is 30.3 Å². The summed E-state index contributed by atoms with van der Waals surface area (Å²) in [6.07, 6.45) is -1.25. The molecule has 3 N–H and O–H groups in total. The molecule has 2 aromatic rings. The van der Waals surface area contributed by atoms with Gasteiger partial charge in [0.2, 0.25) is 0 Å². The molecule has 1 atom stereocenters. The predicted octanol–water partition coefficient (Wildman–Crippen LogP) is 3.27. The second-order valence-electron chi connectivity index (χ2n) is 6.29. The Morgan fingerprint density at radius 3 is 2.69 bits per heavy atom. The summed E-state index contributed by atoms with van der Waals surface area (Å²) < 4.78 is 40.3. The van der Waals surface area contributed by atoms with E-state index in [1.807, 2.05) is 0 Å². The first kappa shape index (κ1) is 20.3. The van der Waals surface area contributed by atoms with E-state index in [9.17, 15) is 18.0 Å². The van der Waals surface area contributed by atoms with E-state index < -0.39 is 11.7 Å². The molecule has 5 nitrogen and oxygen atoms in total. The van der Waals surface area contributed by atoms with Crippen LogP contribution in [0.1, 0.15) is 47.3 Å². The first-order valence-corrected chi connectivity index (χ1v) is 8.07. The minimum atomic E-state index is -4.43. The highest BCUT2D eigenvalue weighted by Crippen LogP contribution is 2.42. The maximum atomic E-state index is 13.0. The van der Waals surface area contributed by atoms with E-state index in [1.165, 1.54) is 16.9 Å². The molecule has 1 aliphatic rings. The van der Waals surface area contributed by atoms with Crippen LogP contribution in [-0.2, 0) is 6.18 Å². The standard InChI is InChI=1S/C17H19F3N4O.ClH/c1-10(8-21)23-16(25)14-9-22-24(15(14)11-5-6-11)13-4-2-3-12(7-13)17(18,19)20;/h2-4,7,9-11H,5-6,8,21H2,1H3,(H,23,25);1H/t10-;/m0./s1. The van der Waals surface area contributed by atoms with Crippen LogP contribution in [0.3, 0.4) is 0 Å². The number of carbonyl (C=O) groups excluding carboxylic acids is 1. The molecule has 0 bridgehead atoms. The van der Waals surface area contributed by atoms with Crippen LogP contribution >= 0.6 is 12.4 Å². The van der Waals surface area contributed by atoms with Gasteiger partial charge in [0, 0.05) is 18.5 Å². The second-order valence-corrected chi connectivity index (χ2v) is 6.29. The molecular weight excluding hydrogens is 369 g/mol. The highest BCUT2D eigenvalue weighted by atomic mass is 35.5. The molecule has 1 aliphatic carbocycles. The number of alkyl halides is 3. The number of nitrogens with two attached hydrogens (primary N) is 1. The van der Waals surface area contributed by atoms with Crippen LogP contribution in [-0.4, -0.2) is 28.3 Å². The molecule has 1 fully saturated rings. The zero-order valence-corrected chi connectivity index (χ0v) is 14.9. The average molecular weight is 389 g/mol. The zero-order valence-electron chi connectivity index (χ0n) is 14.1. The third kappa shape index (κ3) is 4.19. The fraction of sp³-hybridized carbons (Fsp3) is 0.412. The summed E-state index contributed by atoms with van der Waals surface area (Å²) in [5.74, 6) is -0.177. The molecule has 1 saturated carbocycles. The van der Waals surface area contributed by atoms with Gasteiger partial charge in [-0.25, -0.2) is 4.68 Å². The Labute approximate surface area is 155 Å². The first-order chi connectivity index (χ1) is 11.8. The Bertz CT molecular complexity index is 787. The number of halogens is 4. The van der Waals surface area contributed by atoms with Crippen molar-refractivity contribution < 1.29 is 18.0 Å². The number of aromatic nitrogens is 2. The molecule has 0 radical (unpaired) electrons. The number of hydrogen-bond donors (Lipinski definition) is 2. The highest BCUT2D eigenvalue weighted by molar-refractivity contribution is 5.95. The van der Waals surface area contributed by atoms with E-state index >= 15 is 0 Å². The SMILES string of the molecule is C[C@@H](CN)NC(=O)c1cnn(-c2cccc(C(F)(F)F)c2)c1C1CC1.Cl. The zero-order chi connectivity index (χ0) is 18.2. The van der Waals surface area contributed by atoms with Gasteiger partial charge in [0.1, 0.15) is 0 Å². The topological polar surface area (TPSA) is 72.9 Å². The molecule has 0 spiro atoms. The van der Waals surface area contributed by atoms with Gasteiger partial charge in [0.15, 0.2) is 0 Å². The van der Waals surface area contributed by atoms with Crippen molar-refractivity contribution >= 4 is 18.3 Å². The van der Waals surface area contributed by atoms with Crippen LogP contribution < -0.4 is 11.1 Å². The van der Waals surface area contributed by atoms with E-state index in [1.54, 1.807) is 13.0 Å². The van der Waals surface area contributed by atoms with Gasteiger partial charge in [0.25, 0.3) is 5.91 Å². The highest BCUT2D eigenvalue weighted by Gasteiger charge is 2.34. The number of carbonyl (C=O) groups is 1. The Hall–Kier alpha value is -2.06. The van der Waals surface area contributed by atoms with E-state index in [0.717, 1.165) is 25.0 Å². The summed E-state index contributed by atoms with van der Waals surface area (Å²) >= 11 is 0. The van der Waals surface area contributed by atoms with Crippen LogP contribution in [0.2, 0.25) is 0 Å². The predicted molar refractivity (Wildman–Crippen MR) is 93.8 cm³/mol. The Balaban J connectivity index is 0.00000243. The van der Waals surface area contributed by atoms with Crippen LogP contribution in [0.15, 0.2) is 30.5 Å². The number of nitrogens with zero attached hydrogens (tertiary/aromatic N) is 2. The van der Waals surface area contributed by atoms with Gasteiger partial charge in [-0.1, -0.05) is 6.07 Å². The second kappa shape index (κ2) is 7.67. The molecule has 0 saturated heterocycles. The minimum absolute atomic E-state index is 0. The van der Waals surface area contributed by atoms with Gasteiger partial charge in [-0.15, -0.1) is 12.4 Å². The maximum absolute atomic E-state index is 13.0. The van der Waals surface area contributed by atoms with Gasteiger partial charge in [-0.3, -0.25) is 4.79 Å². The average Bonchev–Trinajstić information content (AvgIpc) is 3.31. The molecule has 1 amide bonds. The molecule has 3 rings (SSSR count). The van der Waals surface area contributed by atoms with Crippen molar-refractivity contribution in [3.05, 3.63) is 47.3 Å². The molecule has 1 aromatic carbocycles. The summed E-state index contributed by atoms with van der Waals surface area (Å²) in [5.41, 5.74) is 6.11. The van der Waals surface area contributed by atoms with E-state index in [4.69, 9.17) is 5.73 Å². The fourth-order valence-corrected chi connectivity index (χ4v) is 2.66. The van der Waals surface area contributed by atoms with Crippen LogP contribution in [0.25, 0.3) is 5.69 Å². The molecule has 0 aliphatic heterocycles. The third-order valence-corrected chi connectivity index (χ3v) is 4.16. The normalized spacial score (nSPS) is 15.3. The minimum Gasteiger partial charge on any atom is -0.348 e. The summed E-state index contributed by atoms with van der Waals surface area (Å²) in [7, 11) is 0. The Morgan fingerprint density at radius 1 is 1.42 bits per heavy atom. The monoisotopic (exact) mass is 388 g/mol. The van der Waals surface area contributed by atoms with Crippen LogP contribution in [0.5, 0.6) is 0 Å². The molecule has 0 unspecified atom stereocenters. The largest absolute Gasteiger partial charge is 0.416 e. The fourth-order valence-electron chi connectivity index (χ4n) is 2.66. The molecular formula is C17H20ClF3N4O. The summed E-state index contributed by atoms with van der Waals surface area (Å²) in [5, 5.41) is 6.95. The summed E-state index contributed by atoms with van der Waals surface area (Å²) in [6, 6.07) is 4.76. The smallest absolute Gasteiger partial charge is 0.348 e. The van der Waals surface area contributed by atoms with Crippen LogP contribution in [0.4, 0.5) is 13.2 Å². The van der Waals surface area contributed by atoms with Crippen LogP contribution in [0, 0.1) is 0 Å². The molecule has 9 heteroatoms. The van der Waals surface area contributed by atoms with Crippen molar-refractivity contribution in [3.63, 3.8) is 0 Å². The number of nitrogens with one attached hydrogen (secondary N) is 1. The van der Waals surface area contributed by atoms with E-state index in [2.05, 4.69) is 10.4 Å². The lowest BCUT2D eigenvalue weighted by Gasteiger charge is -2.13. The quantitative estimate of drug-likeness (QED) is 0.825. The van der Waals surface area contributed by atoms with Gasteiger partial charge in [0.05, 0.1) is 28.7 Å². The molecule has 142 valence electrons. The van der Waals surface area contributed by atoms with Gasteiger partial charge < -0.3 is 11.1 Å². The molecule has 1 aromatic heterocycles. The van der Waals surface area contributed by atoms with Gasteiger partial charge in [-0.05, 0) is 38.0 Å². The van der Waals surface area contributed by atoms with Crippen molar-refractivity contribution in [2.45, 2.75) is 37.9 Å². The van der Waals surface area contributed by atoms with Crippen molar-refractivity contribution in [3.8, 4) is 5.69 Å². The summed E-state index contributed by atoms with van der Waals surface area (Å²) in [4.78, 5) is 12.4. The van der Waals surface area contributed by atoms with Crippen molar-refractivity contribution in [1.29, 1.82) is 0 Å². The number of amides is 1. The van der Waals surface area contributed by atoms with E-state index in [0.29, 0.717) is 23.5 Å². The van der Waals surface area contributed by atoms with Crippen molar-refractivity contribution in [2.24, 2.45) is 5.73 Å². The number of rotatable bonds is 5. The molecule has 1 heterocycles. The first-order valence-electron chi connectivity index (χ1n) is 8.07. The lowest BCUT2D eigenvalue weighted by molar-refractivity contribution is -0.137. The number of hydrogen-bond acceptors (Lipinski definition) is 3. The number of benzene rings is 1. The van der Waals surface area contributed by atoms with Gasteiger partial charge >= 0.3 is 6.18 Å². The Morgan fingerprint density at radius 2 is 2.12 bits per heavy atom. The lowest BCUT2D eigenvalue weighted by atomic mass is 10.1. The van der Waals surface area contributed by atoms with Crippen molar-refractivity contribution in [1.82, 2.24) is 15.1 Å². The summed E-state index contributed by atoms with van der Waals surface area (Å²) in [6.45, 7) is 2.08.